The molecule has 25 heavy (non-hydrogen) atoms. The lowest BCUT2D eigenvalue weighted by atomic mass is 9.74. The Morgan fingerprint density at radius 2 is 1.80 bits per heavy atom. The van der Waals surface area contributed by atoms with Crippen molar-refractivity contribution in [3.63, 3.8) is 0 Å². The average Bonchev–Trinajstić information content (AvgIpc) is 2.61. The summed E-state index contributed by atoms with van der Waals surface area (Å²) in [6.45, 7) is 5.55. The Morgan fingerprint density at radius 1 is 1.16 bits per heavy atom. The number of amides is 2. The average molecular weight is 339 g/mol. The molecule has 1 aliphatic heterocycles. The van der Waals surface area contributed by atoms with Crippen molar-refractivity contribution in [2.45, 2.75) is 32.1 Å². The second kappa shape index (κ2) is 6.75. The van der Waals surface area contributed by atoms with E-state index in [1.165, 1.54) is 16.2 Å². The number of aromatic nitrogens is 1. The zero-order chi connectivity index (χ0) is 18.0. The molecule has 1 aliphatic rings. The number of urea groups is 1. The quantitative estimate of drug-likeness (QED) is 0.913. The number of rotatable bonds is 2. The molecule has 0 aliphatic carbocycles. The molecule has 5 nitrogen and oxygen atoms in total. The van der Waals surface area contributed by atoms with Crippen molar-refractivity contribution < 1.29 is 4.79 Å². The van der Waals surface area contributed by atoms with Gasteiger partial charge >= 0.3 is 6.03 Å². The van der Waals surface area contributed by atoms with Gasteiger partial charge in [0.2, 0.25) is 0 Å². The largest absolute Gasteiger partial charge is 0.324 e. The van der Waals surface area contributed by atoms with Gasteiger partial charge < -0.3 is 14.8 Å². The first-order chi connectivity index (χ1) is 11.9. The summed E-state index contributed by atoms with van der Waals surface area (Å²) in [7, 11) is 1.68. The Hall–Kier alpha value is -2.56. The van der Waals surface area contributed by atoms with Crippen molar-refractivity contribution in [2.24, 2.45) is 7.05 Å². The number of nitrogens with zero attached hydrogens (tertiary/aromatic N) is 2. The molecule has 0 radical (unpaired) electrons. The third-order valence-electron chi connectivity index (χ3n) is 5.30. The maximum absolute atomic E-state index is 12.6. The Bertz CT molecular complexity index is 819. The van der Waals surface area contributed by atoms with Crippen molar-refractivity contribution in [1.29, 1.82) is 0 Å². The lowest BCUT2D eigenvalue weighted by molar-refractivity contribution is 0.174. The number of hydrogen-bond acceptors (Lipinski definition) is 2. The lowest BCUT2D eigenvalue weighted by Gasteiger charge is -2.39. The van der Waals surface area contributed by atoms with Gasteiger partial charge in [-0.05, 0) is 36.3 Å². The van der Waals surface area contributed by atoms with E-state index in [4.69, 9.17) is 0 Å². The van der Waals surface area contributed by atoms with E-state index < -0.39 is 0 Å². The van der Waals surface area contributed by atoms with Crippen LogP contribution in [0.4, 0.5) is 10.5 Å². The van der Waals surface area contributed by atoms with Gasteiger partial charge in [0.25, 0.3) is 5.56 Å². The van der Waals surface area contributed by atoms with Crippen LogP contribution in [0.5, 0.6) is 0 Å². The molecule has 1 aromatic carbocycles. The first-order valence-corrected chi connectivity index (χ1v) is 8.68. The number of likely N-dealkylation sites (tertiary alicyclic amines) is 1. The third kappa shape index (κ3) is 3.60. The molecule has 1 aromatic heterocycles. The van der Waals surface area contributed by atoms with Gasteiger partial charge in [-0.3, -0.25) is 4.79 Å². The minimum Gasteiger partial charge on any atom is -0.324 e. The number of benzene rings is 1. The molecule has 0 saturated carbocycles. The molecule has 0 unspecified atom stereocenters. The molecule has 1 N–H and O–H groups in total. The Balaban J connectivity index is 1.66. The molecule has 0 bridgehead atoms. The van der Waals surface area contributed by atoms with Crippen molar-refractivity contribution in [1.82, 2.24) is 9.47 Å². The zero-order valence-electron chi connectivity index (χ0n) is 15.1. The van der Waals surface area contributed by atoms with Gasteiger partial charge in [0.15, 0.2) is 0 Å². The molecule has 2 aromatic rings. The Morgan fingerprint density at radius 3 is 2.44 bits per heavy atom. The fourth-order valence-electron chi connectivity index (χ4n) is 3.38. The fraction of sp³-hybridized carbons (Fsp3) is 0.400. The van der Waals surface area contributed by atoms with Gasteiger partial charge in [0.1, 0.15) is 0 Å². The Labute approximate surface area is 148 Å². The van der Waals surface area contributed by atoms with Gasteiger partial charge in [-0.25, -0.2) is 4.79 Å². The lowest BCUT2D eigenvalue weighted by Crippen LogP contribution is -2.45. The normalized spacial score (nSPS) is 16.5. The minimum atomic E-state index is -0.100. The smallest absolute Gasteiger partial charge is 0.321 e. The monoisotopic (exact) mass is 339 g/mol. The highest BCUT2D eigenvalue weighted by atomic mass is 16.2. The van der Waals surface area contributed by atoms with Crippen LogP contribution in [0.15, 0.2) is 47.4 Å². The highest BCUT2D eigenvalue weighted by molar-refractivity contribution is 5.90. The van der Waals surface area contributed by atoms with Gasteiger partial charge in [-0.2, -0.15) is 0 Å². The summed E-state index contributed by atoms with van der Waals surface area (Å²) < 4.78 is 1.48. The van der Waals surface area contributed by atoms with Crippen LogP contribution in [0.1, 0.15) is 30.9 Å². The summed E-state index contributed by atoms with van der Waals surface area (Å²) in [5.41, 5.74) is 2.84. The standard InChI is InChI=1S/C20H25N3O2/c1-15-13-18(24)22(3)14-17(15)21-19(25)23-11-9-20(2,10-12-23)16-7-5-4-6-8-16/h4-8,13-14H,9-12H2,1-3H3,(H,21,25). The summed E-state index contributed by atoms with van der Waals surface area (Å²) in [5, 5.41) is 2.94. The van der Waals surface area contributed by atoms with E-state index in [2.05, 4.69) is 36.5 Å². The molecule has 132 valence electrons. The van der Waals surface area contributed by atoms with Crippen LogP contribution in [0.2, 0.25) is 0 Å². The zero-order valence-corrected chi connectivity index (χ0v) is 15.1. The van der Waals surface area contributed by atoms with E-state index in [0.29, 0.717) is 5.69 Å². The molecule has 0 atom stereocenters. The number of nitrogens with one attached hydrogen (secondary N) is 1. The van der Waals surface area contributed by atoms with E-state index in [1.807, 2.05) is 17.9 Å². The third-order valence-corrected chi connectivity index (χ3v) is 5.30. The second-order valence-corrected chi connectivity index (χ2v) is 7.16. The van der Waals surface area contributed by atoms with Gasteiger partial charge in [-0.1, -0.05) is 37.3 Å². The van der Waals surface area contributed by atoms with Crippen molar-refractivity contribution >= 4 is 11.7 Å². The van der Waals surface area contributed by atoms with Gasteiger partial charge in [0.05, 0.1) is 5.69 Å². The molecular formula is C20H25N3O2. The molecular weight excluding hydrogens is 314 g/mol. The van der Waals surface area contributed by atoms with Crippen LogP contribution < -0.4 is 10.9 Å². The number of aryl methyl sites for hydroxylation is 2. The number of hydrogen-bond donors (Lipinski definition) is 1. The number of pyridine rings is 1. The highest BCUT2D eigenvalue weighted by Gasteiger charge is 2.33. The van der Waals surface area contributed by atoms with Gasteiger partial charge in [0, 0.05) is 32.4 Å². The predicted molar refractivity (Wildman–Crippen MR) is 100 cm³/mol. The fourth-order valence-corrected chi connectivity index (χ4v) is 3.38. The van der Waals surface area contributed by atoms with E-state index in [1.54, 1.807) is 13.2 Å². The van der Waals surface area contributed by atoms with Crippen molar-refractivity contribution in [3.8, 4) is 0 Å². The summed E-state index contributed by atoms with van der Waals surface area (Å²) >= 11 is 0. The molecule has 2 amide bonds. The number of carbonyl (C=O) groups is 1. The summed E-state index contributed by atoms with van der Waals surface area (Å²) in [4.78, 5) is 26.1. The minimum absolute atomic E-state index is 0.0768. The summed E-state index contributed by atoms with van der Waals surface area (Å²) in [6, 6.07) is 12.0. The molecule has 1 fully saturated rings. The maximum atomic E-state index is 12.6. The number of piperidine rings is 1. The van der Waals surface area contributed by atoms with Crippen LogP contribution in [0.3, 0.4) is 0 Å². The number of carbonyl (C=O) groups excluding carboxylic acids is 1. The van der Waals surface area contributed by atoms with Crippen LogP contribution in [0.25, 0.3) is 0 Å². The molecule has 0 spiro atoms. The maximum Gasteiger partial charge on any atom is 0.321 e. The van der Waals surface area contributed by atoms with Crippen LogP contribution >= 0.6 is 0 Å². The van der Waals surface area contributed by atoms with Crippen LogP contribution in [-0.4, -0.2) is 28.6 Å². The van der Waals surface area contributed by atoms with Crippen LogP contribution in [0, 0.1) is 6.92 Å². The molecule has 1 saturated heterocycles. The first kappa shape index (κ1) is 17.3. The predicted octanol–water partition coefficient (Wildman–Crippen LogP) is 3.28. The van der Waals surface area contributed by atoms with Crippen molar-refractivity contribution in [3.05, 3.63) is 64.1 Å². The Kier molecular flexibility index (Phi) is 4.66. The second-order valence-electron chi connectivity index (χ2n) is 7.16. The van der Waals surface area contributed by atoms with E-state index in [-0.39, 0.29) is 17.0 Å². The number of anilines is 1. The highest BCUT2D eigenvalue weighted by Crippen LogP contribution is 2.35. The molecule has 5 heteroatoms. The SMILES string of the molecule is Cc1cc(=O)n(C)cc1NC(=O)N1CCC(C)(c2ccccc2)CC1. The molecule has 3 rings (SSSR count). The van der Waals surface area contributed by atoms with Crippen LogP contribution in [-0.2, 0) is 12.5 Å². The first-order valence-electron chi connectivity index (χ1n) is 8.68. The van der Waals surface area contributed by atoms with Crippen molar-refractivity contribution in [2.75, 3.05) is 18.4 Å². The summed E-state index contributed by atoms with van der Waals surface area (Å²) in [6.07, 6.45) is 3.56. The van der Waals surface area contributed by atoms with E-state index in [9.17, 15) is 9.59 Å². The molecule has 2 heterocycles. The van der Waals surface area contributed by atoms with Gasteiger partial charge in [-0.15, -0.1) is 0 Å². The van der Waals surface area contributed by atoms with E-state index in [0.717, 1.165) is 31.5 Å². The van der Waals surface area contributed by atoms with E-state index >= 15 is 0 Å². The summed E-state index contributed by atoms with van der Waals surface area (Å²) in [5.74, 6) is 0. The topological polar surface area (TPSA) is 54.3 Å².